The third-order valence-corrected chi connectivity index (χ3v) is 7.58. The Morgan fingerprint density at radius 1 is 0.543 bits per heavy atom. The van der Waals surface area contributed by atoms with Crippen LogP contribution in [0.25, 0.3) is 32.9 Å². The Kier molecular flexibility index (Phi) is 4.22. The Morgan fingerprint density at radius 2 is 1.20 bits per heavy atom. The molecule has 0 spiro atoms. The number of fused-ring (bicyclic) bond motifs is 5. The van der Waals surface area contributed by atoms with Gasteiger partial charge in [-0.25, -0.2) is 0 Å². The minimum atomic E-state index is -0.113. The molecule has 168 valence electrons. The quantitative estimate of drug-likeness (QED) is 0.279. The first-order chi connectivity index (χ1) is 17.1. The highest BCUT2D eigenvalue weighted by atomic mass is 15.2. The van der Waals surface area contributed by atoms with E-state index in [2.05, 4.69) is 139 Å². The molecular formula is C33H26N2. The van der Waals surface area contributed by atoms with Crippen molar-refractivity contribution in [2.45, 2.75) is 19.3 Å². The van der Waals surface area contributed by atoms with Gasteiger partial charge < -0.3 is 9.88 Å². The second-order valence-electron chi connectivity index (χ2n) is 9.98. The Morgan fingerprint density at radius 3 is 2.09 bits per heavy atom. The highest BCUT2D eigenvalue weighted by Gasteiger charge is 2.36. The molecule has 0 atom stereocenters. The van der Waals surface area contributed by atoms with Crippen LogP contribution in [0.1, 0.15) is 25.0 Å². The maximum absolute atomic E-state index is 3.55. The fraction of sp³-hybridized carbons (Fsp3) is 0.0909. The summed E-state index contributed by atoms with van der Waals surface area (Å²) >= 11 is 0. The molecule has 0 bridgehead atoms. The molecule has 1 aliphatic heterocycles. The summed E-state index contributed by atoms with van der Waals surface area (Å²) in [6.45, 7) is 4.69. The van der Waals surface area contributed by atoms with Gasteiger partial charge in [-0.1, -0.05) is 80.6 Å². The van der Waals surface area contributed by atoms with Crippen molar-refractivity contribution in [3.63, 3.8) is 0 Å². The lowest BCUT2D eigenvalue weighted by Crippen LogP contribution is -2.30. The largest absolute Gasteiger partial charge is 0.355 e. The molecule has 0 radical (unpaired) electrons. The summed E-state index contributed by atoms with van der Waals surface area (Å²) in [5, 5.41) is 2.54. The van der Waals surface area contributed by atoms with Gasteiger partial charge in [0.1, 0.15) is 0 Å². The molecule has 0 aliphatic carbocycles. The molecule has 1 N–H and O–H groups in total. The van der Waals surface area contributed by atoms with Crippen molar-refractivity contribution < 1.29 is 0 Å². The van der Waals surface area contributed by atoms with Gasteiger partial charge in [0.2, 0.25) is 0 Å². The first-order valence-corrected chi connectivity index (χ1v) is 12.2. The summed E-state index contributed by atoms with van der Waals surface area (Å²) in [4.78, 5) is 5.95. The van der Waals surface area contributed by atoms with E-state index in [0.29, 0.717) is 0 Å². The van der Waals surface area contributed by atoms with E-state index in [1.807, 2.05) is 0 Å². The second-order valence-corrected chi connectivity index (χ2v) is 9.98. The lowest BCUT2D eigenvalue weighted by molar-refractivity contribution is 0.632. The third-order valence-electron chi connectivity index (χ3n) is 7.58. The van der Waals surface area contributed by atoms with Gasteiger partial charge in [-0.05, 0) is 70.8 Å². The van der Waals surface area contributed by atoms with Crippen molar-refractivity contribution in [1.29, 1.82) is 0 Å². The maximum atomic E-state index is 3.55. The number of hydrogen-bond acceptors (Lipinski definition) is 1. The summed E-state index contributed by atoms with van der Waals surface area (Å²) in [6.07, 6.45) is 0. The zero-order valence-corrected chi connectivity index (χ0v) is 19.9. The predicted octanol–water partition coefficient (Wildman–Crippen LogP) is 9.10. The number of aromatic amines is 1. The normalized spacial score (nSPS) is 14.2. The highest BCUT2D eigenvalue weighted by molar-refractivity contribution is 6.08. The Labute approximate surface area is 205 Å². The van der Waals surface area contributed by atoms with Gasteiger partial charge in [-0.15, -0.1) is 0 Å². The standard InChI is InChI=1S/C33H26N2/c1-33(2)27-13-7-9-15-31(27)35(24-10-4-3-5-11-24)32-19-17-23(21-28(32)33)22-16-18-30-26(20-22)25-12-6-8-14-29(25)34-30/h3-21,34H,1-2H3. The molecule has 2 heterocycles. The number of aromatic nitrogens is 1. The van der Waals surface area contributed by atoms with Crippen molar-refractivity contribution in [1.82, 2.24) is 4.98 Å². The SMILES string of the molecule is CC1(C)c2ccccc2N(c2ccccc2)c2ccc(-c3ccc4[nH]c5ccccc5c4c3)cc21. The van der Waals surface area contributed by atoms with Crippen LogP contribution in [0.4, 0.5) is 17.1 Å². The van der Waals surface area contributed by atoms with Crippen LogP contribution in [-0.4, -0.2) is 4.98 Å². The van der Waals surface area contributed by atoms with Crippen LogP contribution in [0.15, 0.2) is 115 Å². The van der Waals surface area contributed by atoms with Crippen LogP contribution >= 0.6 is 0 Å². The summed E-state index contributed by atoms with van der Waals surface area (Å²) < 4.78 is 0. The van der Waals surface area contributed by atoms with Crippen LogP contribution in [-0.2, 0) is 5.41 Å². The number of nitrogens with zero attached hydrogens (tertiary/aromatic N) is 1. The molecule has 35 heavy (non-hydrogen) atoms. The molecule has 2 heteroatoms. The van der Waals surface area contributed by atoms with Crippen molar-refractivity contribution in [2.24, 2.45) is 0 Å². The van der Waals surface area contributed by atoms with Crippen LogP contribution in [0, 0.1) is 0 Å². The smallest absolute Gasteiger partial charge is 0.0503 e. The van der Waals surface area contributed by atoms with E-state index in [1.54, 1.807) is 0 Å². The Balaban J connectivity index is 1.44. The van der Waals surface area contributed by atoms with E-state index in [4.69, 9.17) is 0 Å². The number of benzene rings is 5. The van der Waals surface area contributed by atoms with E-state index in [-0.39, 0.29) is 5.41 Å². The van der Waals surface area contributed by atoms with Crippen molar-refractivity contribution in [3.05, 3.63) is 126 Å². The molecule has 1 aliphatic rings. The van der Waals surface area contributed by atoms with Gasteiger partial charge in [-0.2, -0.15) is 0 Å². The Hall–Kier alpha value is -4.30. The van der Waals surface area contributed by atoms with E-state index >= 15 is 0 Å². The number of hydrogen-bond donors (Lipinski definition) is 1. The number of nitrogens with one attached hydrogen (secondary N) is 1. The molecule has 0 amide bonds. The van der Waals surface area contributed by atoms with Crippen molar-refractivity contribution in [3.8, 4) is 11.1 Å². The lowest BCUT2D eigenvalue weighted by atomic mass is 9.73. The number of H-pyrrole nitrogens is 1. The minimum Gasteiger partial charge on any atom is -0.355 e. The predicted molar refractivity (Wildman–Crippen MR) is 148 cm³/mol. The van der Waals surface area contributed by atoms with Gasteiger partial charge in [0.15, 0.2) is 0 Å². The lowest BCUT2D eigenvalue weighted by Gasteiger charge is -2.42. The molecule has 5 aromatic carbocycles. The molecular weight excluding hydrogens is 424 g/mol. The first-order valence-electron chi connectivity index (χ1n) is 12.2. The van der Waals surface area contributed by atoms with Gasteiger partial charge >= 0.3 is 0 Å². The minimum absolute atomic E-state index is 0.113. The van der Waals surface area contributed by atoms with Crippen LogP contribution in [0.2, 0.25) is 0 Å². The van der Waals surface area contributed by atoms with Crippen LogP contribution < -0.4 is 4.90 Å². The zero-order chi connectivity index (χ0) is 23.6. The van der Waals surface area contributed by atoms with E-state index in [1.165, 1.54) is 61.1 Å². The first kappa shape index (κ1) is 20.1. The van der Waals surface area contributed by atoms with Gasteiger partial charge in [0, 0.05) is 32.9 Å². The van der Waals surface area contributed by atoms with Gasteiger partial charge in [0.25, 0.3) is 0 Å². The zero-order valence-electron chi connectivity index (χ0n) is 19.9. The van der Waals surface area contributed by atoms with Crippen molar-refractivity contribution >= 4 is 38.9 Å². The summed E-state index contributed by atoms with van der Waals surface area (Å²) in [5.41, 5.74) is 11.1. The number of para-hydroxylation sites is 3. The van der Waals surface area contributed by atoms with Crippen LogP contribution in [0.5, 0.6) is 0 Å². The molecule has 0 saturated heterocycles. The fourth-order valence-corrected chi connectivity index (χ4v) is 5.77. The number of rotatable bonds is 2. The average molecular weight is 451 g/mol. The average Bonchev–Trinajstić information content (AvgIpc) is 3.27. The van der Waals surface area contributed by atoms with Crippen molar-refractivity contribution in [2.75, 3.05) is 4.90 Å². The molecule has 6 aromatic rings. The molecule has 7 rings (SSSR count). The van der Waals surface area contributed by atoms with E-state index in [0.717, 1.165) is 0 Å². The molecule has 2 nitrogen and oxygen atoms in total. The second kappa shape index (κ2) is 7.35. The summed E-state index contributed by atoms with van der Waals surface area (Å²) in [5.74, 6) is 0. The third kappa shape index (κ3) is 2.96. The molecule has 0 fully saturated rings. The fourth-order valence-electron chi connectivity index (χ4n) is 5.77. The monoisotopic (exact) mass is 450 g/mol. The van der Waals surface area contributed by atoms with Gasteiger partial charge in [0.05, 0.1) is 11.4 Å². The Bertz CT molecular complexity index is 1720. The molecule has 1 aromatic heterocycles. The summed E-state index contributed by atoms with van der Waals surface area (Å²) in [6, 6.07) is 41.8. The topological polar surface area (TPSA) is 19.0 Å². The molecule has 0 saturated carbocycles. The maximum Gasteiger partial charge on any atom is 0.0503 e. The summed E-state index contributed by atoms with van der Waals surface area (Å²) in [7, 11) is 0. The highest BCUT2D eigenvalue weighted by Crippen LogP contribution is 2.52. The van der Waals surface area contributed by atoms with Gasteiger partial charge in [-0.3, -0.25) is 0 Å². The number of anilines is 3. The van der Waals surface area contributed by atoms with E-state index in [9.17, 15) is 0 Å². The molecule has 0 unspecified atom stereocenters. The van der Waals surface area contributed by atoms with Crippen LogP contribution in [0.3, 0.4) is 0 Å². The van der Waals surface area contributed by atoms with E-state index < -0.39 is 0 Å².